The first-order valence-corrected chi connectivity index (χ1v) is 5.52. The molecule has 4 nitrogen and oxygen atoms in total. The molecule has 0 spiro atoms. The third kappa shape index (κ3) is 3.18. The van der Waals surface area contributed by atoms with Crippen molar-refractivity contribution in [3.63, 3.8) is 0 Å². The van der Waals surface area contributed by atoms with Gasteiger partial charge in [0.2, 0.25) is 0 Å². The Morgan fingerprint density at radius 2 is 2.13 bits per heavy atom. The lowest BCUT2D eigenvalue weighted by Gasteiger charge is -2.32. The van der Waals surface area contributed by atoms with Crippen LogP contribution in [-0.4, -0.2) is 42.2 Å². The zero-order valence-corrected chi connectivity index (χ0v) is 9.86. The second-order valence-corrected chi connectivity index (χ2v) is 5.24. The van der Waals surface area contributed by atoms with E-state index in [0.29, 0.717) is 25.0 Å². The molecule has 0 aromatic rings. The maximum Gasteiger partial charge on any atom is 0.310 e. The third-order valence-corrected chi connectivity index (χ3v) is 3.20. The maximum absolute atomic E-state index is 11.0. The molecule has 0 aliphatic heterocycles. The lowest BCUT2D eigenvalue weighted by molar-refractivity contribution is -0.148. The van der Waals surface area contributed by atoms with Gasteiger partial charge in [-0.2, -0.15) is 0 Å². The molecule has 15 heavy (non-hydrogen) atoms. The number of carboxylic acids is 1. The molecule has 0 amide bonds. The van der Waals surface area contributed by atoms with Crippen molar-refractivity contribution in [1.82, 2.24) is 4.90 Å². The van der Waals surface area contributed by atoms with E-state index in [1.165, 1.54) is 12.8 Å². The Morgan fingerprint density at radius 3 is 2.47 bits per heavy atom. The van der Waals surface area contributed by atoms with E-state index in [-0.39, 0.29) is 0 Å². The van der Waals surface area contributed by atoms with Crippen LogP contribution in [0.2, 0.25) is 0 Å². The first-order chi connectivity index (χ1) is 6.88. The molecule has 1 atom stereocenters. The highest BCUT2D eigenvalue weighted by atomic mass is 16.4. The SMILES string of the molecule is CN(CC(C)(C)C(=O)O)C(CN)C1CC1. The Kier molecular flexibility index (Phi) is 3.73. The van der Waals surface area contributed by atoms with E-state index < -0.39 is 11.4 Å². The second kappa shape index (κ2) is 4.49. The van der Waals surface area contributed by atoms with Gasteiger partial charge in [0.15, 0.2) is 0 Å². The fraction of sp³-hybridized carbons (Fsp3) is 0.909. The first-order valence-electron chi connectivity index (χ1n) is 5.52. The number of carboxylic acid groups (broad SMARTS) is 1. The summed E-state index contributed by atoms with van der Waals surface area (Å²) in [5, 5.41) is 9.04. The van der Waals surface area contributed by atoms with Gasteiger partial charge in [-0.15, -0.1) is 0 Å². The number of nitrogens with two attached hydrogens (primary N) is 1. The van der Waals surface area contributed by atoms with E-state index in [9.17, 15) is 4.79 Å². The normalized spacial score (nSPS) is 19.3. The van der Waals surface area contributed by atoms with Crippen LogP contribution in [0.4, 0.5) is 0 Å². The summed E-state index contributed by atoms with van der Waals surface area (Å²) in [7, 11) is 1.97. The quantitative estimate of drug-likeness (QED) is 0.685. The number of rotatable bonds is 6. The highest BCUT2D eigenvalue weighted by Gasteiger charge is 2.36. The van der Waals surface area contributed by atoms with Gasteiger partial charge in [-0.25, -0.2) is 0 Å². The Bertz CT molecular complexity index is 237. The van der Waals surface area contributed by atoms with Crippen molar-refractivity contribution in [3.05, 3.63) is 0 Å². The fourth-order valence-corrected chi connectivity index (χ4v) is 2.02. The highest BCUT2D eigenvalue weighted by Crippen LogP contribution is 2.35. The van der Waals surface area contributed by atoms with Crippen LogP contribution in [-0.2, 0) is 4.79 Å². The van der Waals surface area contributed by atoms with Crippen LogP contribution in [0.5, 0.6) is 0 Å². The molecule has 3 N–H and O–H groups in total. The molecule has 88 valence electrons. The van der Waals surface area contributed by atoms with E-state index in [0.717, 1.165) is 0 Å². The lowest BCUT2D eigenvalue weighted by Crippen LogP contribution is -2.46. The van der Waals surface area contributed by atoms with Crippen molar-refractivity contribution in [3.8, 4) is 0 Å². The molecule has 1 rings (SSSR count). The Labute approximate surface area is 91.4 Å². The van der Waals surface area contributed by atoms with Crippen molar-refractivity contribution in [2.75, 3.05) is 20.1 Å². The molecule has 0 saturated heterocycles. The van der Waals surface area contributed by atoms with Crippen LogP contribution >= 0.6 is 0 Å². The van der Waals surface area contributed by atoms with Crippen LogP contribution in [0.3, 0.4) is 0 Å². The minimum atomic E-state index is -0.749. The van der Waals surface area contributed by atoms with Crippen molar-refractivity contribution in [2.24, 2.45) is 17.1 Å². The monoisotopic (exact) mass is 214 g/mol. The summed E-state index contributed by atoms with van der Waals surface area (Å²) in [6.45, 7) is 4.69. The van der Waals surface area contributed by atoms with Crippen molar-refractivity contribution >= 4 is 5.97 Å². The van der Waals surface area contributed by atoms with Crippen molar-refractivity contribution in [1.29, 1.82) is 0 Å². The van der Waals surface area contributed by atoms with Gasteiger partial charge in [-0.05, 0) is 39.7 Å². The summed E-state index contributed by atoms with van der Waals surface area (Å²) < 4.78 is 0. The Balaban J connectivity index is 2.52. The van der Waals surface area contributed by atoms with Gasteiger partial charge in [0, 0.05) is 19.1 Å². The van der Waals surface area contributed by atoms with Gasteiger partial charge in [0.1, 0.15) is 0 Å². The maximum atomic E-state index is 11.0. The average Bonchev–Trinajstić information content (AvgIpc) is 2.88. The van der Waals surface area contributed by atoms with Crippen LogP contribution in [0.1, 0.15) is 26.7 Å². The third-order valence-electron chi connectivity index (χ3n) is 3.20. The molecule has 1 saturated carbocycles. The van der Waals surface area contributed by atoms with Crippen LogP contribution < -0.4 is 5.73 Å². The Hall–Kier alpha value is -0.610. The summed E-state index contributed by atoms with van der Waals surface area (Å²) in [4.78, 5) is 13.1. The zero-order chi connectivity index (χ0) is 11.6. The number of aliphatic carboxylic acids is 1. The summed E-state index contributed by atoms with van der Waals surface area (Å²) in [6, 6.07) is 0.351. The number of nitrogens with zero attached hydrogens (tertiary/aromatic N) is 1. The molecule has 4 heteroatoms. The minimum absolute atomic E-state index is 0.351. The second-order valence-electron chi connectivity index (χ2n) is 5.24. The van der Waals surface area contributed by atoms with Gasteiger partial charge >= 0.3 is 5.97 Å². The van der Waals surface area contributed by atoms with Crippen LogP contribution in [0.25, 0.3) is 0 Å². The van der Waals surface area contributed by atoms with Crippen molar-refractivity contribution < 1.29 is 9.90 Å². The standard InChI is InChI=1S/C11H22N2O2/c1-11(2,10(14)15)7-13(3)9(6-12)8-4-5-8/h8-9H,4-7,12H2,1-3H3,(H,14,15). The largest absolute Gasteiger partial charge is 0.481 e. The number of hydrogen-bond donors (Lipinski definition) is 2. The number of carbonyl (C=O) groups is 1. The number of likely N-dealkylation sites (N-methyl/N-ethyl adjacent to an activating group) is 1. The summed E-state index contributed by atoms with van der Waals surface area (Å²) in [5.74, 6) is -0.0643. The van der Waals surface area contributed by atoms with Gasteiger partial charge in [-0.1, -0.05) is 0 Å². The van der Waals surface area contributed by atoms with Crippen LogP contribution in [0.15, 0.2) is 0 Å². The molecule has 1 unspecified atom stereocenters. The molecule has 0 bridgehead atoms. The summed E-state index contributed by atoms with van der Waals surface area (Å²) in [6.07, 6.45) is 2.47. The highest BCUT2D eigenvalue weighted by molar-refractivity contribution is 5.73. The molecule has 1 fully saturated rings. The van der Waals surface area contributed by atoms with E-state index >= 15 is 0 Å². The predicted octanol–water partition coefficient (Wildman–Crippen LogP) is 0.766. The number of hydrogen-bond acceptors (Lipinski definition) is 3. The van der Waals surface area contributed by atoms with Gasteiger partial charge in [-0.3, -0.25) is 4.79 Å². The minimum Gasteiger partial charge on any atom is -0.481 e. The molecule has 1 aliphatic rings. The van der Waals surface area contributed by atoms with E-state index in [4.69, 9.17) is 10.8 Å². The van der Waals surface area contributed by atoms with E-state index in [2.05, 4.69) is 4.90 Å². The molecule has 0 aromatic heterocycles. The summed E-state index contributed by atoms with van der Waals surface area (Å²) >= 11 is 0. The molecule has 1 aliphatic carbocycles. The van der Waals surface area contributed by atoms with Gasteiger partial charge < -0.3 is 15.7 Å². The summed E-state index contributed by atoms with van der Waals surface area (Å²) in [5.41, 5.74) is 5.02. The Morgan fingerprint density at radius 1 is 1.60 bits per heavy atom. The van der Waals surface area contributed by atoms with Crippen LogP contribution in [0, 0.1) is 11.3 Å². The zero-order valence-electron chi connectivity index (χ0n) is 9.86. The molecule has 0 heterocycles. The molecule has 0 radical (unpaired) electrons. The lowest BCUT2D eigenvalue weighted by atomic mass is 9.92. The van der Waals surface area contributed by atoms with E-state index in [1.54, 1.807) is 13.8 Å². The average molecular weight is 214 g/mol. The predicted molar refractivity (Wildman–Crippen MR) is 59.6 cm³/mol. The van der Waals surface area contributed by atoms with E-state index in [1.807, 2.05) is 7.05 Å². The topological polar surface area (TPSA) is 66.6 Å². The smallest absolute Gasteiger partial charge is 0.310 e. The van der Waals surface area contributed by atoms with Gasteiger partial charge in [0.05, 0.1) is 5.41 Å². The molecular formula is C11H22N2O2. The molecular weight excluding hydrogens is 192 g/mol. The van der Waals surface area contributed by atoms with Gasteiger partial charge in [0.25, 0.3) is 0 Å². The fourth-order valence-electron chi connectivity index (χ4n) is 2.02. The molecule has 0 aromatic carbocycles. The van der Waals surface area contributed by atoms with Crippen molar-refractivity contribution in [2.45, 2.75) is 32.7 Å². The first kappa shape index (κ1) is 12.5.